The van der Waals surface area contributed by atoms with Gasteiger partial charge in [-0.1, -0.05) is 36.2 Å². The molecule has 0 spiro atoms. The molecule has 1 aliphatic rings. The lowest BCUT2D eigenvalue weighted by molar-refractivity contribution is -0.676. The van der Waals surface area contributed by atoms with Crippen molar-refractivity contribution in [2.24, 2.45) is 0 Å². The summed E-state index contributed by atoms with van der Waals surface area (Å²) in [5.41, 5.74) is 2.14. The molecule has 3 nitrogen and oxygen atoms in total. The fourth-order valence-corrected chi connectivity index (χ4v) is 4.65. The zero-order chi connectivity index (χ0) is 18.0. The van der Waals surface area contributed by atoms with Crippen LogP contribution in [0.25, 0.3) is 0 Å². The largest absolute Gasteiger partial charge is 0.336 e. The van der Waals surface area contributed by atoms with Gasteiger partial charge in [-0.3, -0.25) is 4.79 Å². The van der Waals surface area contributed by atoms with Crippen LogP contribution in [0.5, 0.6) is 0 Å². The number of benzene rings is 1. The normalized spacial score (nSPS) is 18.1. The maximum Gasteiger partial charge on any atom is 0.278 e. The van der Waals surface area contributed by atoms with Crippen molar-refractivity contribution in [2.75, 3.05) is 13.1 Å². The number of hydrogen-bond donors (Lipinski definition) is 1. The maximum absolute atomic E-state index is 12.9. The summed E-state index contributed by atoms with van der Waals surface area (Å²) in [4.78, 5) is 16.3. The summed E-state index contributed by atoms with van der Waals surface area (Å²) in [6, 6.07) is 7.99. The standard InChI is InChI=1S/C19H22Cl2N2OS/c1-3-12(2)22-11-18(24)23-8-6-17-15(7-9-25-17)19(23)14-5-4-13(20)10-16(14)21/h4-5,7,9-10,12,19,22H,3,6,8,11H2,1-2H3/p+1/t12-,19-/m1/s1. The van der Waals surface area contributed by atoms with Gasteiger partial charge in [0.05, 0.1) is 12.1 Å². The monoisotopic (exact) mass is 397 g/mol. The van der Waals surface area contributed by atoms with Crippen molar-refractivity contribution in [2.45, 2.75) is 38.8 Å². The molecule has 0 unspecified atom stereocenters. The molecular weight excluding hydrogens is 375 g/mol. The minimum absolute atomic E-state index is 0.127. The average molecular weight is 398 g/mol. The van der Waals surface area contributed by atoms with Crippen molar-refractivity contribution in [3.05, 3.63) is 55.7 Å². The highest BCUT2D eigenvalue weighted by Gasteiger charge is 2.34. The zero-order valence-electron chi connectivity index (χ0n) is 14.5. The molecule has 6 heteroatoms. The van der Waals surface area contributed by atoms with Crippen LogP contribution < -0.4 is 5.32 Å². The van der Waals surface area contributed by atoms with Gasteiger partial charge in [-0.2, -0.15) is 0 Å². The van der Waals surface area contributed by atoms with Crippen LogP contribution in [-0.4, -0.2) is 29.9 Å². The molecule has 1 amide bonds. The molecule has 1 aliphatic heterocycles. The van der Waals surface area contributed by atoms with E-state index in [0.29, 0.717) is 22.6 Å². The predicted octanol–water partition coefficient (Wildman–Crippen LogP) is 3.89. The second kappa shape index (κ2) is 8.09. The van der Waals surface area contributed by atoms with Crippen molar-refractivity contribution in [3.63, 3.8) is 0 Å². The first-order chi connectivity index (χ1) is 12.0. The third-order valence-corrected chi connectivity index (χ3v) is 6.44. The van der Waals surface area contributed by atoms with Gasteiger partial charge in [0.2, 0.25) is 0 Å². The first-order valence-electron chi connectivity index (χ1n) is 8.65. The molecule has 1 aromatic carbocycles. The van der Waals surface area contributed by atoms with E-state index in [9.17, 15) is 4.79 Å². The van der Waals surface area contributed by atoms with E-state index < -0.39 is 0 Å². The third-order valence-electron chi connectivity index (χ3n) is 4.88. The molecule has 1 aromatic heterocycles. The van der Waals surface area contributed by atoms with Crippen LogP contribution in [0.3, 0.4) is 0 Å². The van der Waals surface area contributed by atoms with Crippen LogP contribution in [0, 0.1) is 0 Å². The van der Waals surface area contributed by atoms with Crippen molar-refractivity contribution < 1.29 is 10.1 Å². The van der Waals surface area contributed by atoms with Gasteiger partial charge in [0.15, 0.2) is 6.54 Å². The van der Waals surface area contributed by atoms with Crippen LogP contribution in [0.1, 0.15) is 42.3 Å². The van der Waals surface area contributed by atoms with Gasteiger partial charge >= 0.3 is 0 Å². The molecule has 134 valence electrons. The minimum atomic E-state index is -0.127. The molecule has 2 aromatic rings. The Morgan fingerprint density at radius 2 is 2.16 bits per heavy atom. The molecule has 2 N–H and O–H groups in total. The maximum atomic E-state index is 12.9. The summed E-state index contributed by atoms with van der Waals surface area (Å²) in [5.74, 6) is 0.160. The Bertz CT molecular complexity index is 762. The molecule has 0 bridgehead atoms. The van der Waals surface area contributed by atoms with Gasteiger partial charge < -0.3 is 10.2 Å². The third kappa shape index (κ3) is 4.03. The summed E-state index contributed by atoms with van der Waals surface area (Å²) >= 11 is 14.3. The molecule has 2 heterocycles. The van der Waals surface area contributed by atoms with Gasteiger partial charge in [-0.25, -0.2) is 0 Å². The lowest BCUT2D eigenvalue weighted by atomic mass is 9.93. The molecule has 0 fully saturated rings. The molecule has 0 aliphatic carbocycles. The zero-order valence-corrected chi connectivity index (χ0v) is 16.8. The van der Waals surface area contributed by atoms with Crippen molar-refractivity contribution in [3.8, 4) is 0 Å². The Balaban J connectivity index is 1.93. The van der Waals surface area contributed by atoms with Crippen LogP contribution in [0.15, 0.2) is 29.6 Å². The van der Waals surface area contributed by atoms with E-state index in [1.807, 2.05) is 17.0 Å². The van der Waals surface area contributed by atoms with E-state index in [1.54, 1.807) is 17.4 Å². The molecule has 25 heavy (non-hydrogen) atoms. The van der Waals surface area contributed by atoms with Crippen LogP contribution in [0.4, 0.5) is 0 Å². The smallest absolute Gasteiger partial charge is 0.278 e. The summed E-state index contributed by atoms with van der Waals surface area (Å²) < 4.78 is 0. The molecule has 2 atom stereocenters. The van der Waals surface area contributed by atoms with Gasteiger partial charge in [0.25, 0.3) is 5.91 Å². The highest BCUT2D eigenvalue weighted by atomic mass is 35.5. The van der Waals surface area contributed by atoms with E-state index in [-0.39, 0.29) is 11.9 Å². The fourth-order valence-electron chi connectivity index (χ4n) is 3.23. The van der Waals surface area contributed by atoms with Gasteiger partial charge in [0.1, 0.15) is 0 Å². The Morgan fingerprint density at radius 1 is 1.36 bits per heavy atom. The Labute approximate surface area is 162 Å². The van der Waals surface area contributed by atoms with Crippen LogP contribution in [-0.2, 0) is 11.2 Å². The Kier molecular flexibility index (Phi) is 6.05. The number of carbonyl (C=O) groups is 1. The number of amides is 1. The van der Waals surface area contributed by atoms with E-state index in [1.165, 1.54) is 10.4 Å². The van der Waals surface area contributed by atoms with Crippen molar-refractivity contribution in [1.82, 2.24) is 4.90 Å². The highest BCUT2D eigenvalue weighted by molar-refractivity contribution is 7.10. The highest BCUT2D eigenvalue weighted by Crippen LogP contribution is 2.40. The summed E-state index contributed by atoms with van der Waals surface area (Å²) in [6.45, 7) is 5.48. The predicted molar refractivity (Wildman–Crippen MR) is 105 cm³/mol. The first-order valence-corrected chi connectivity index (χ1v) is 10.3. The summed E-state index contributed by atoms with van der Waals surface area (Å²) in [7, 11) is 0. The van der Waals surface area contributed by atoms with E-state index >= 15 is 0 Å². The number of nitrogens with two attached hydrogens (primary N) is 1. The van der Waals surface area contributed by atoms with Gasteiger partial charge in [0, 0.05) is 21.5 Å². The van der Waals surface area contributed by atoms with Crippen molar-refractivity contribution >= 4 is 40.4 Å². The number of hydrogen-bond acceptors (Lipinski definition) is 2. The molecule has 0 saturated carbocycles. The first kappa shape index (κ1) is 18.7. The Hall–Kier alpha value is -1.07. The second-order valence-corrected chi connectivity index (χ2v) is 8.37. The molecule has 0 saturated heterocycles. The SMILES string of the molecule is CC[C@@H](C)[NH2+]CC(=O)N1CCc2sccc2[C@H]1c1ccc(Cl)cc1Cl. The fraction of sp³-hybridized carbons (Fsp3) is 0.421. The molecule has 3 rings (SSSR count). The van der Waals surface area contributed by atoms with Crippen molar-refractivity contribution in [1.29, 1.82) is 0 Å². The van der Waals surface area contributed by atoms with Gasteiger partial charge in [-0.15, -0.1) is 11.3 Å². The number of rotatable bonds is 5. The molecule has 0 radical (unpaired) electrons. The topological polar surface area (TPSA) is 36.9 Å². The lowest BCUT2D eigenvalue weighted by Gasteiger charge is -2.36. The second-order valence-electron chi connectivity index (χ2n) is 6.53. The van der Waals surface area contributed by atoms with E-state index in [0.717, 1.165) is 24.9 Å². The number of fused-ring (bicyclic) bond motifs is 1. The van der Waals surface area contributed by atoms with E-state index in [4.69, 9.17) is 23.2 Å². The van der Waals surface area contributed by atoms with Crippen LogP contribution >= 0.6 is 34.5 Å². The van der Waals surface area contributed by atoms with Crippen LogP contribution in [0.2, 0.25) is 10.0 Å². The number of nitrogens with zero attached hydrogens (tertiary/aromatic N) is 1. The summed E-state index contributed by atoms with van der Waals surface area (Å²) in [5, 5.41) is 5.44. The quantitative estimate of drug-likeness (QED) is 0.815. The number of thiophene rings is 1. The minimum Gasteiger partial charge on any atom is -0.336 e. The van der Waals surface area contributed by atoms with E-state index in [2.05, 4.69) is 30.6 Å². The number of halogens is 2. The van der Waals surface area contributed by atoms with Gasteiger partial charge in [-0.05, 0) is 54.5 Å². The lowest BCUT2D eigenvalue weighted by Crippen LogP contribution is -2.91. The Morgan fingerprint density at radius 3 is 2.88 bits per heavy atom. The molecular formula is C19H23Cl2N2OS+. The number of carbonyl (C=O) groups excluding carboxylic acids is 1. The average Bonchev–Trinajstić information content (AvgIpc) is 3.07. The summed E-state index contributed by atoms with van der Waals surface area (Å²) in [6.07, 6.45) is 1.96. The number of quaternary nitrogens is 1.